The first-order chi connectivity index (χ1) is 17.2. The van der Waals surface area contributed by atoms with Crippen LogP contribution >= 0.6 is 0 Å². The van der Waals surface area contributed by atoms with Gasteiger partial charge in [-0.05, 0) is 101 Å². The van der Waals surface area contributed by atoms with Gasteiger partial charge in [0.15, 0.2) is 11.6 Å². The van der Waals surface area contributed by atoms with Crippen molar-refractivity contribution in [3.63, 3.8) is 0 Å². The second-order valence-electron chi connectivity index (χ2n) is 14.3. The summed E-state index contributed by atoms with van der Waals surface area (Å²) in [6.45, 7) is 26.9. The molecule has 0 amide bonds. The van der Waals surface area contributed by atoms with Crippen LogP contribution in [0.5, 0.6) is 0 Å². The number of Topliss-reactive ketones (excluding diaryl/α,β-unsaturated/α-hetero) is 2. The number of carbonyl (C=O) groups is 2. The number of carbonyl (C=O) groups excluding carboxylic acids is 2. The van der Waals surface area contributed by atoms with E-state index in [2.05, 4.69) is 38.3 Å². The summed E-state index contributed by atoms with van der Waals surface area (Å²) in [5.41, 5.74) is 3.82. The van der Waals surface area contributed by atoms with Crippen LogP contribution in [0.25, 0.3) is 0 Å². The Labute approximate surface area is 235 Å². The highest BCUT2D eigenvalue weighted by atomic mass is 16.5. The molecule has 0 saturated carbocycles. The van der Waals surface area contributed by atoms with Crippen molar-refractivity contribution in [2.75, 3.05) is 26.3 Å². The molecule has 7 nitrogen and oxygen atoms in total. The molecule has 0 aromatic rings. The molecule has 1 atom stereocenters. The van der Waals surface area contributed by atoms with E-state index in [9.17, 15) is 9.59 Å². The van der Waals surface area contributed by atoms with Gasteiger partial charge in [-0.1, -0.05) is 27.2 Å². The number of rotatable bonds is 21. The van der Waals surface area contributed by atoms with Crippen LogP contribution in [0.2, 0.25) is 0 Å². The number of unbranched alkanes of at least 4 members (excludes halogenated alkanes) is 1. The van der Waals surface area contributed by atoms with E-state index in [0.29, 0.717) is 32.6 Å². The predicted molar refractivity (Wildman–Crippen MR) is 160 cm³/mol. The van der Waals surface area contributed by atoms with E-state index < -0.39 is 5.54 Å². The third-order valence-corrected chi connectivity index (χ3v) is 7.42. The van der Waals surface area contributed by atoms with Crippen molar-refractivity contribution in [3.8, 4) is 0 Å². The minimum absolute atomic E-state index is 0.122. The van der Waals surface area contributed by atoms with Crippen molar-refractivity contribution < 1.29 is 19.1 Å². The van der Waals surface area contributed by atoms with Gasteiger partial charge in [-0.3, -0.25) is 9.59 Å². The molecule has 0 aliphatic heterocycles. The number of nitrogens with one attached hydrogen (secondary N) is 2. The Morgan fingerprint density at radius 1 is 0.816 bits per heavy atom. The van der Waals surface area contributed by atoms with Crippen molar-refractivity contribution >= 4 is 11.6 Å². The Morgan fingerprint density at radius 3 is 1.89 bits per heavy atom. The Kier molecular flexibility index (Phi) is 15.4. The number of nitrogens with two attached hydrogens (primary N) is 1. The third kappa shape index (κ3) is 15.7. The number of ether oxygens (including phenoxy) is 2. The third-order valence-electron chi connectivity index (χ3n) is 7.42. The molecule has 0 heterocycles. The SMILES string of the molecule is CCC(C)(C)C(=O)[C@@H](CCCCNC(C)(C)C(=O)CCC(C)(C)OCCC(C)(C)OCCN)NC(C)(C)C. The first-order valence-electron chi connectivity index (χ1n) is 14.8. The van der Waals surface area contributed by atoms with Crippen LogP contribution in [0.3, 0.4) is 0 Å². The van der Waals surface area contributed by atoms with Crippen molar-refractivity contribution in [2.24, 2.45) is 11.1 Å². The molecule has 0 radical (unpaired) electrons. The van der Waals surface area contributed by atoms with Crippen molar-refractivity contribution in [3.05, 3.63) is 0 Å². The summed E-state index contributed by atoms with van der Waals surface area (Å²) in [5.74, 6) is 0.475. The van der Waals surface area contributed by atoms with Gasteiger partial charge in [-0.25, -0.2) is 0 Å². The first kappa shape index (κ1) is 37.1. The molecule has 7 heteroatoms. The fraction of sp³-hybridized carbons (Fsp3) is 0.935. The van der Waals surface area contributed by atoms with Gasteiger partial charge < -0.3 is 25.8 Å². The lowest BCUT2D eigenvalue weighted by atomic mass is 9.80. The molecule has 226 valence electrons. The quantitative estimate of drug-likeness (QED) is 0.163. The maximum Gasteiger partial charge on any atom is 0.155 e. The largest absolute Gasteiger partial charge is 0.375 e. The summed E-state index contributed by atoms with van der Waals surface area (Å²) in [5, 5.41) is 6.98. The lowest BCUT2D eigenvalue weighted by molar-refractivity contribution is -0.130. The van der Waals surface area contributed by atoms with E-state index in [1.807, 2.05) is 55.4 Å². The van der Waals surface area contributed by atoms with Crippen LogP contribution in [0.4, 0.5) is 0 Å². The predicted octanol–water partition coefficient (Wildman–Crippen LogP) is 5.58. The van der Waals surface area contributed by atoms with Gasteiger partial charge in [0.2, 0.25) is 0 Å². The topological polar surface area (TPSA) is 103 Å². The Balaban J connectivity index is 4.62. The minimum Gasteiger partial charge on any atom is -0.375 e. The van der Waals surface area contributed by atoms with Crippen LogP contribution in [0.15, 0.2) is 0 Å². The smallest absolute Gasteiger partial charge is 0.155 e. The molecule has 38 heavy (non-hydrogen) atoms. The molecular weight excluding hydrogens is 478 g/mol. The molecule has 0 aliphatic carbocycles. The number of hydrogen-bond acceptors (Lipinski definition) is 7. The molecule has 4 N–H and O–H groups in total. The summed E-state index contributed by atoms with van der Waals surface area (Å²) < 4.78 is 11.9. The molecule has 0 saturated heterocycles. The van der Waals surface area contributed by atoms with Gasteiger partial charge in [-0.2, -0.15) is 0 Å². The second-order valence-corrected chi connectivity index (χ2v) is 14.3. The summed E-state index contributed by atoms with van der Waals surface area (Å²) in [6.07, 6.45) is 5.35. The normalized spacial score (nSPS) is 14.6. The fourth-order valence-electron chi connectivity index (χ4n) is 4.19. The van der Waals surface area contributed by atoms with E-state index in [1.54, 1.807) is 0 Å². The minimum atomic E-state index is -0.600. The zero-order valence-electron chi connectivity index (χ0n) is 27.1. The van der Waals surface area contributed by atoms with E-state index in [1.165, 1.54) is 0 Å². The highest BCUT2D eigenvalue weighted by molar-refractivity contribution is 5.89. The molecule has 0 rings (SSSR count). The Morgan fingerprint density at radius 2 is 1.37 bits per heavy atom. The van der Waals surface area contributed by atoms with Crippen LogP contribution in [-0.2, 0) is 19.1 Å². The van der Waals surface area contributed by atoms with E-state index in [4.69, 9.17) is 15.2 Å². The summed E-state index contributed by atoms with van der Waals surface area (Å²) in [6, 6.07) is -0.153. The van der Waals surface area contributed by atoms with Crippen LogP contribution in [0, 0.1) is 5.41 Å². The summed E-state index contributed by atoms with van der Waals surface area (Å²) >= 11 is 0. The molecule has 0 spiro atoms. The molecule has 0 fully saturated rings. The van der Waals surface area contributed by atoms with Gasteiger partial charge >= 0.3 is 0 Å². The lowest BCUT2D eigenvalue weighted by Gasteiger charge is -2.33. The second kappa shape index (κ2) is 15.8. The Bertz CT molecular complexity index is 708. The zero-order chi connectivity index (χ0) is 29.8. The van der Waals surface area contributed by atoms with Gasteiger partial charge in [0, 0.05) is 23.9 Å². The maximum atomic E-state index is 13.2. The van der Waals surface area contributed by atoms with Crippen molar-refractivity contribution in [2.45, 2.75) is 156 Å². The van der Waals surface area contributed by atoms with E-state index in [0.717, 1.165) is 38.6 Å². The summed E-state index contributed by atoms with van der Waals surface area (Å²) in [4.78, 5) is 26.2. The highest BCUT2D eigenvalue weighted by Gasteiger charge is 2.34. The van der Waals surface area contributed by atoms with Crippen LogP contribution in [0.1, 0.15) is 128 Å². The molecule has 0 bridgehead atoms. The van der Waals surface area contributed by atoms with E-state index >= 15 is 0 Å². The molecule has 0 unspecified atom stereocenters. The van der Waals surface area contributed by atoms with Crippen molar-refractivity contribution in [1.29, 1.82) is 0 Å². The van der Waals surface area contributed by atoms with Gasteiger partial charge in [0.05, 0.1) is 36.0 Å². The average molecular weight is 542 g/mol. The maximum absolute atomic E-state index is 13.2. The average Bonchev–Trinajstić information content (AvgIpc) is 2.78. The summed E-state index contributed by atoms with van der Waals surface area (Å²) in [7, 11) is 0. The fourth-order valence-corrected chi connectivity index (χ4v) is 4.19. The highest BCUT2D eigenvalue weighted by Crippen LogP contribution is 2.26. The molecule has 0 aromatic heterocycles. The van der Waals surface area contributed by atoms with Crippen molar-refractivity contribution in [1.82, 2.24) is 10.6 Å². The van der Waals surface area contributed by atoms with Crippen LogP contribution in [-0.4, -0.2) is 66.2 Å². The van der Waals surface area contributed by atoms with Crippen LogP contribution < -0.4 is 16.4 Å². The standard InChI is InChI=1S/C31H63N3O4/c1-13-28(5,6)26(36)24(34-27(2,3)4)16-14-15-21-33-31(11,12)25(35)17-18-29(7,8)37-22-19-30(9,10)38-23-20-32/h24,33-34H,13-23,32H2,1-12H3/t24-/m1/s1. The number of ketones is 2. The van der Waals surface area contributed by atoms with Gasteiger partial charge in [0.1, 0.15) is 0 Å². The number of hydrogen-bond donors (Lipinski definition) is 3. The monoisotopic (exact) mass is 541 g/mol. The molecular formula is C31H63N3O4. The first-order valence-corrected chi connectivity index (χ1v) is 14.8. The lowest BCUT2D eigenvalue weighted by Crippen LogP contribution is -2.51. The molecule has 0 aliphatic rings. The zero-order valence-corrected chi connectivity index (χ0v) is 27.1. The van der Waals surface area contributed by atoms with E-state index in [-0.39, 0.29) is 39.8 Å². The Hall–Kier alpha value is -0.860. The van der Waals surface area contributed by atoms with Gasteiger partial charge in [-0.15, -0.1) is 0 Å². The molecule has 0 aromatic carbocycles. The van der Waals surface area contributed by atoms with Gasteiger partial charge in [0.25, 0.3) is 0 Å².